The zero-order valence-corrected chi connectivity index (χ0v) is 12.9. The number of para-hydroxylation sites is 2. The predicted octanol–water partition coefficient (Wildman–Crippen LogP) is 2.97. The SMILES string of the molecule is C[C@@H](CNS(=O)(=O)c1cccs1)c1nc2ccccc2o1. The average Bonchev–Trinajstić information content (AvgIpc) is 3.13. The molecule has 3 rings (SSSR count). The van der Waals surface area contributed by atoms with Gasteiger partial charge in [-0.3, -0.25) is 0 Å². The van der Waals surface area contributed by atoms with Gasteiger partial charge in [0.05, 0.1) is 0 Å². The molecule has 0 spiro atoms. The van der Waals surface area contributed by atoms with Gasteiger partial charge in [0.25, 0.3) is 0 Å². The molecule has 0 aliphatic heterocycles. The van der Waals surface area contributed by atoms with E-state index < -0.39 is 10.0 Å². The molecule has 1 atom stereocenters. The Morgan fingerprint density at radius 3 is 2.81 bits per heavy atom. The van der Waals surface area contributed by atoms with Crippen LogP contribution in [0.3, 0.4) is 0 Å². The summed E-state index contributed by atoms with van der Waals surface area (Å²) in [6, 6.07) is 10.8. The molecule has 3 aromatic rings. The Kier molecular flexibility index (Phi) is 3.79. The summed E-state index contributed by atoms with van der Waals surface area (Å²) >= 11 is 1.19. The van der Waals surface area contributed by atoms with Crippen LogP contribution >= 0.6 is 11.3 Å². The van der Waals surface area contributed by atoms with Crippen LogP contribution in [-0.4, -0.2) is 19.9 Å². The number of rotatable bonds is 5. The molecule has 0 aliphatic carbocycles. The second kappa shape index (κ2) is 5.59. The first-order chi connectivity index (χ1) is 10.1. The Morgan fingerprint density at radius 2 is 2.10 bits per heavy atom. The number of hydrogen-bond donors (Lipinski definition) is 1. The molecule has 1 N–H and O–H groups in total. The molecule has 0 saturated heterocycles. The molecule has 5 nitrogen and oxygen atoms in total. The van der Waals surface area contributed by atoms with E-state index in [1.54, 1.807) is 17.5 Å². The fraction of sp³-hybridized carbons (Fsp3) is 0.214. The van der Waals surface area contributed by atoms with E-state index in [4.69, 9.17) is 4.42 Å². The highest BCUT2D eigenvalue weighted by atomic mass is 32.2. The van der Waals surface area contributed by atoms with Crippen molar-refractivity contribution < 1.29 is 12.8 Å². The summed E-state index contributed by atoms with van der Waals surface area (Å²) in [5.41, 5.74) is 1.49. The lowest BCUT2D eigenvalue weighted by molar-refractivity contribution is 0.480. The zero-order valence-electron chi connectivity index (χ0n) is 11.3. The normalized spacial score (nSPS) is 13.6. The number of fused-ring (bicyclic) bond motifs is 1. The van der Waals surface area contributed by atoms with Gasteiger partial charge in [-0.05, 0) is 23.6 Å². The highest BCUT2D eigenvalue weighted by Gasteiger charge is 2.19. The van der Waals surface area contributed by atoms with Crippen molar-refractivity contribution >= 4 is 32.5 Å². The molecule has 0 bridgehead atoms. The largest absolute Gasteiger partial charge is 0.440 e. The van der Waals surface area contributed by atoms with Crippen molar-refractivity contribution in [2.75, 3.05) is 6.54 Å². The summed E-state index contributed by atoms with van der Waals surface area (Å²) in [5, 5.41) is 1.73. The standard InChI is InChI=1S/C14H14N2O3S2/c1-10(9-15-21(17,18)13-7-4-8-20-13)14-16-11-5-2-3-6-12(11)19-14/h2-8,10,15H,9H2,1H3/t10-/m0/s1. The summed E-state index contributed by atoms with van der Waals surface area (Å²) in [5.74, 6) is 0.386. The first kappa shape index (κ1) is 14.2. The number of thiophene rings is 1. The lowest BCUT2D eigenvalue weighted by Crippen LogP contribution is -2.27. The van der Waals surface area contributed by atoms with Crippen LogP contribution in [0.5, 0.6) is 0 Å². The molecule has 0 aliphatic rings. The Hall–Kier alpha value is -1.70. The molecule has 110 valence electrons. The van der Waals surface area contributed by atoms with Gasteiger partial charge in [0, 0.05) is 12.5 Å². The third-order valence-corrected chi connectivity index (χ3v) is 5.89. The van der Waals surface area contributed by atoms with Gasteiger partial charge in [-0.1, -0.05) is 25.1 Å². The second-order valence-electron chi connectivity index (χ2n) is 4.70. The van der Waals surface area contributed by atoms with E-state index in [-0.39, 0.29) is 12.5 Å². The van der Waals surface area contributed by atoms with E-state index in [0.717, 1.165) is 5.52 Å². The molecule has 0 unspecified atom stereocenters. The van der Waals surface area contributed by atoms with Crippen LogP contribution in [0, 0.1) is 0 Å². The van der Waals surface area contributed by atoms with Crippen LogP contribution in [0.4, 0.5) is 0 Å². The molecule has 2 aromatic heterocycles. The van der Waals surface area contributed by atoms with Crippen molar-refractivity contribution in [2.45, 2.75) is 17.1 Å². The highest BCUT2D eigenvalue weighted by Crippen LogP contribution is 2.21. The van der Waals surface area contributed by atoms with Crippen molar-refractivity contribution in [1.82, 2.24) is 9.71 Å². The number of nitrogens with one attached hydrogen (secondary N) is 1. The molecular formula is C14H14N2O3S2. The zero-order chi connectivity index (χ0) is 14.9. The highest BCUT2D eigenvalue weighted by molar-refractivity contribution is 7.91. The predicted molar refractivity (Wildman–Crippen MR) is 81.9 cm³/mol. The summed E-state index contributed by atoms with van der Waals surface area (Å²) < 4.78 is 32.6. The average molecular weight is 322 g/mol. The number of benzene rings is 1. The van der Waals surface area contributed by atoms with Gasteiger partial charge in [0.15, 0.2) is 11.5 Å². The summed E-state index contributed by atoms with van der Waals surface area (Å²) in [6.07, 6.45) is 0. The summed E-state index contributed by atoms with van der Waals surface area (Å²) in [6.45, 7) is 2.12. The monoisotopic (exact) mass is 322 g/mol. The van der Waals surface area contributed by atoms with Gasteiger partial charge < -0.3 is 4.42 Å². The van der Waals surface area contributed by atoms with Crippen molar-refractivity contribution in [3.8, 4) is 0 Å². The minimum atomic E-state index is -3.45. The number of sulfonamides is 1. The lowest BCUT2D eigenvalue weighted by atomic mass is 10.2. The lowest BCUT2D eigenvalue weighted by Gasteiger charge is -2.08. The smallest absolute Gasteiger partial charge is 0.250 e. The van der Waals surface area contributed by atoms with E-state index in [0.29, 0.717) is 15.7 Å². The Morgan fingerprint density at radius 1 is 1.29 bits per heavy atom. The van der Waals surface area contributed by atoms with Crippen LogP contribution in [0.15, 0.2) is 50.4 Å². The molecule has 7 heteroatoms. The van der Waals surface area contributed by atoms with Gasteiger partial charge in [-0.15, -0.1) is 11.3 Å². The first-order valence-corrected chi connectivity index (χ1v) is 8.81. The summed E-state index contributed by atoms with van der Waals surface area (Å²) in [7, 11) is -3.45. The van der Waals surface area contributed by atoms with Crippen LogP contribution in [0.2, 0.25) is 0 Å². The minimum Gasteiger partial charge on any atom is -0.440 e. The molecular weight excluding hydrogens is 308 g/mol. The van der Waals surface area contributed by atoms with Crippen LogP contribution in [0.1, 0.15) is 18.7 Å². The van der Waals surface area contributed by atoms with Crippen molar-refractivity contribution in [3.05, 3.63) is 47.7 Å². The topological polar surface area (TPSA) is 72.2 Å². The van der Waals surface area contributed by atoms with Crippen molar-refractivity contribution in [2.24, 2.45) is 0 Å². The quantitative estimate of drug-likeness (QED) is 0.784. The number of nitrogens with zero attached hydrogens (tertiary/aromatic N) is 1. The van der Waals surface area contributed by atoms with Gasteiger partial charge in [0.1, 0.15) is 9.73 Å². The van der Waals surface area contributed by atoms with Crippen molar-refractivity contribution in [3.63, 3.8) is 0 Å². The first-order valence-electron chi connectivity index (χ1n) is 6.45. The molecule has 0 amide bonds. The van der Waals surface area contributed by atoms with E-state index in [9.17, 15) is 8.42 Å². The Bertz CT molecular complexity index is 805. The van der Waals surface area contributed by atoms with E-state index in [2.05, 4.69) is 9.71 Å². The Labute approximate surface area is 126 Å². The van der Waals surface area contributed by atoms with E-state index in [1.807, 2.05) is 31.2 Å². The van der Waals surface area contributed by atoms with Gasteiger partial charge >= 0.3 is 0 Å². The maximum absolute atomic E-state index is 12.0. The van der Waals surface area contributed by atoms with Crippen molar-refractivity contribution in [1.29, 1.82) is 0 Å². The Balaban J connectivity index is 1.73. The second-order valence-corrected chi connectivity index (χ2v) is 7.65. The van der Waals surface area contributed by atoms with Gasteiger partial charge in [0.2, 0.25) is 10.0 Å². The maximum atomic E-state index is 12.0. The minimum absolute atomic E-state index is 0.146. The van der Waals surface area contributed by atoms with Crippen LogP contribution in [-0.2, 0) is 10.0 Å². The fourth-order valence-electron chi connectivity index (χ4n) is 1.91. The summed E-state index contributed by atoms with van der Waals surface area (Å²) in [4.78, 5) is 4.38. The number of hydrogen-bond acceptors (Lipinski definition) is 5. The third kappa shape index (κ3) is 2.99. The van der Waals surface area contributed by atoms with E-state index >= 15 is 0 Å². The van der Waals surface area contributed by atoms with Crippen LogP contribution in [0.25, 0.3) is 11.1 Å². The molecule has 2 heterocycles. The van der Waals surface area contributed by atoms with Gasteiger partial charge in [-0.25, -0.2) is 18.1 Å². The molecule has 21 heavy (non-hydrogen) atoms. The number of aromatic nitrogens is 1. The molecule has 1 aromatic carbocycles. The maximum Gasteiger partial charge on any atom is 0.250 e. The van der Waals surface area contributed by atoms with E-state index in [1.165, 1.54) is 11.3 Å². The molecule has 0 fully saturated rings. The van der Waals surface area contributed by atoms with Gasteiger partial charge in [-0.2, -0.15) is 0 Å². The fourth-order valence-corrected chi connectivity index (χ4v) is 4.08. The molecule has 0 radical (unpaired) electrons. The van der Waals surface area contributed by atoms with Crippen LogP contribution < -0.4 is 4.72 Å². The third-order valence-electron chi connectivity index (χ3n) is 3.07. The molecule has 0 saturated carbocycles. The number of oxazole rings is 1.